The molecule has 3 aromatic carbocycles. The smallest absolute Gasteiger partial charge is 0.368 e. The number of halogens is 4. The van der Waals surface area contributed by atoms with Crippen molar-refractivity contribution in [3.63, 3.8) is 0 Å². The van der Waals surface area contributed by atoms with Crippen LogP contribution in [-0.2, 0) is 0 Å². The Morgan fingerprint density at radius 2 is 1.65 bits per heavy atom. The molecule has 0 aliphatic carbocycles. The molecule has 0 radical (unpaired) electrons. The molecule has 0 saturated carbocycles. The molecule has 3 aromatic rings. The summed E-state index contributed by atoms with van der Waals surface area (Å²) >= 11 is 6.29. The maximum atomic E-state index is 13.6. The fourth-order valence-electron chi connectivity index (χ4n) is 4.66. The van der Waals surface area contributed by atoms with Gasteiger partial charge in [0.15, 0.2) is 0 Å². The highest BCUT2D eigenvalue weighted by Crippen LogP contribution is 2.37. The van der Waals surface area contributed by atoms with Crippen LogP contribution in [0.1, 0.15) is 21.5 Å². The Kier molecular flexibility index (Phi) is 6.88. The normalized spacial score (nSPS) is 18.2. The van der Waals surface area contributed by atoms with Gasteiger partial charge in [-0.2, -0.15) is 13.2 Å². The van der Waals surface area contributed by atoms with Crippen LogP contribution in [0.25, 0.3) is 5.70 Å². The first-order valence-corrected chi connectivity index (χ1v) is 12.4. The molecule has 1 atom stereocenters. The zero-order valence-electron chi connectivity index (χ0n) is 20.2. The molecular formula is C28H26ClF3N4O. The summed E-state index contributed by atoms with van der Waals surface area (Å²) in [6.45, 7) is 4.71. The number of nitrogens with one attached hydrogen (secondary N) is 1. The molecule has 1 unspecified atom stereocenters. The zero-order valence-corrected chi connectivity index (χ0v) is 20.9. The second kappa shape index (κ2) is 10.1. The number of rotatable bonds is 4. The van der Waals surface area contributed by atoms with Crippen LogP contribution in [0, 0.1) is 6.92 Å². The van der Waals surface area contributed by atoms with Crippen molar-refractivity contribution in [3.05, 3.63) is 101 Å². The Hall–Kier alpha value is -3.49. The van der Waals surface area contributed by atoms with Crippen molar-refractivity contribution >= 4 is 34.6 Å². The minimum absolute atomic E-state index is 0.0925. The molecule has 1 N–H and O–H groups in total. The van der Waals surface area contributed by atoms with Gasteiger partial charge in [-0.05, 0) is 60.5 Å². The average Bonchev–Trinajstić information content (AvgIpc) is 3.35. The van der Waals surface area contributed by atoms with Crippen LogP contribution in [0.2, 0.25) is 5.02 Å². The summed E-state index contributed by atoms with van der Waals surface area (Å²) in [6, 6.07) is 19.8. The molecule has 192 valence electrons. The lowest BCUT2D eigenvalue weighted by Crippen LogP contribution is -2.48. The van der Waals surface area contributed by atoms with Gasteiger partial charge in [0.2, 0.25) is 0 Å². The van der Waals surface area contributed by atoms with Gasteiger partial charge >= 0.3 is 6.18 Å². The van der Waals surface area contributed by atoms with Gasteiger partial charge in [-0.25, -0.2) is 5.43 Å². The quantitative estimate of drug-likeness (QED) is 0.459. The van der Waals surface area contributed by atoms with Gasteiger partial charge in [-0.1, -0.05) is 48.0 Å². The Balaban J connectivity index is 1.32. The number of aryl methyl sites for hydroxylation is 1. The fourth-order valence-corrected chi connectivity index (χ4v) is 4.88. The third kappa shape index (κ3) is 5.31. The molecule has 2 heterocycles. The van der Waals surface area contributed by atoms with Crippen LogP contribution < -0.4 is 15.3 Å². The summed E-state index contributed by atoms with van der Waals surface area (Å²) in [4.78, 5) is 17.2. The molecule has 2 aliphatic rings. The van der Waals surface area contributed by atoms with Gasteiger partial charge in [0.1, 0.15) is 6.04 Å². The maximum Gasteiger partial charge on any atom is 0.409 e. The summed E-state index contributed by atoms with van der Waals surface area (Å²) in [7, 11) is 0. The van der Waals surface area contributed by atoms with Gasteiger partial charge in [0.05, 0.1) is 16.4 Å². The highest BCUT2D eigenvalue weighted by Gasteiger charge is 2.44. The molecular weight excluding hydrogens is 501 g/mol. The van der Waals surface area contributed by atoms with Crippen LogP contribution in [0.3, 0.4) is 0 Å². The van der Waals surface area contributed by atoms with E-state index in [9.17, 15) is 18.0 Å². The molecule has 1 amide bonds. The highest BCUT2D eigenvalue weighted by molar-refractivity contribution is 6.33. The van der Waals surface area contributed by atoms with Crippen molar-refractivity contribution in [3.8, 4) is 0 Å². The molecule has 0 aromatic heterocycles. The molecule has 9 heteroatoms. The second-order valence-electron chi connectivity index (χ2n) is 9.18. The van der Waals surface area contributed by atoms with E-state index < -0.39 is 12.2 Å². The number of piperazine rings is 1. The van der Waals surface area contributed by atoms with E-state index in [0.29, 0.717) is 40.6 Å². The SMILES string of the molecule is Cc1cccc(N2CCN(C(=O)c3ccc(C4=CC(C(F)(F)F)NN4c4ccccc4Cl)cc3)CC2)c1. The first-order valence-electron chi connectivity index (χ1n) is 12.0. The lowest BCUT2D eigenvalue weighted by atomic mass is 10.1. The summed E-state index contributed by atoms with van der Waals surface area (Å²) in [5.74, 6) is -0.0925. The number of anilines is 2. The molecule has 0 spiro atoms. The van der Waals surface area contributed by atoms with Gasteiger partial charge in [-0.15, -0.1) is 0 Å². The van der Waals surface area contributed by atoms with Crippen LogP contribution in [-0.4, -0.2) is 49.2 Å². The van der Waals surface area contributed by atoms with E-state index in [1.54, 1.807) is 48.5 Å². The lowest BCUT2D eigenvalue weighted by molar-refractivity contribution is -0.142. The van der Waals surface area contributed by atoms with E-state index in [2.05, 4.69) is 35.4 Å². The predicted molar refractivity (Wildman–Crippen MR) is 141 cm³/mol. The van der Waals surface area contributed by atoms with Crippen molar-refractivity contribution < 1.29 is 18.0 Å². The minimum Gasteiger partial charge on any atom is -0.368 e. The van der Waals surface area contributed by atoms with Crippen molar-refractivity contribution in [1.82, 2.24) is 10.3 Å². The van der Waals surface area contributed by atoms with E-state index in [0.717, 1.165) is 24.9 Å². The molecule has 1 fully saturated rings. The number of carbonyl (C=O) groups excluding carboxylic acids is 1. The number of hydrogen-bond donors (Lipinski definition) is 1. The largest absolute Gasteiger partial charge is 0.409 e. The Bertz CT molecular complexity index is 1320. The van der Waals surface area contributed by atoms with Gasteiger partial charge in [0, 0.05) is 37.4 Å². The van der Waals surface area contributed by atoms with Crippen molar-refractivity contribution in [2.75, 3.05) is 36.1 Å². The molecule has 37 heavy (non-hydrogen) atoms. The summed E-state index contributed by atoms with van der Waals surface area (Å²) < 4.78 is 40.7. The number of para-hydroxylation sites is 1. The minimum atomic E-state index is -4.47. The van der Waals surface area contributed by atoms with Crippen LogP contribution in [0.5, 0.6) is 0 Å². The van der Waals surface area contributed by atoms with Crippen LogP contribution in [0.4, 0.5) is 24.5 Å². The second-order valence-corrected chi connectivity index (χ2v) is 9.59. The van der Waals surface area contributed by atoms with Gasteiger partial charge in [0.25, 0.3) is 5.91 Å². The fraction of sp³-hybridized carbons (Fsp3) is 0.250. The molecule has 5 nitrogen and oxygen atoms in total. The third-order valence-corrected chi connectivity index (χ3v) is 6.96. The topological polar surface area (TPSA) is 38.8 Å². The first-order chi connectivity index (χ1) is 17.7. The Morgan fingerprint density at radius 3 is 2.30 bits per heavy atom. The lowest BCUT2D eigenvalue weighted by Gasteiger charge is -2.36. The van der Waals surface area contributed by atoms with Crippen LogP contribution >= 0.6 is 11.6 Å². The van der Waals surface area contributed by atoms with Gasteiger partial charge in [-0.3, -0.25) is 9.80 Å². The summed E-state index contributed by atoms with van der Waals surface area (Å²) in [5, 5.41) is 1.67. The van der Waals surface area contributed by atoms with Gasteiger partial charge < -0.3 is 9.80 Å². The van der Waals surface area contributed by atoms with E-state index in [1.165, 1.54) is 10.6 Å². The Labute approximate surface area is 218 Å². The predicted octanol–water partition coefficient (Wildman–Crippen LogP) is 5.91. The average molecular weight is 527 g/mol. The van der Waals surface area contributed by atoms with Crippen molar-refractivity contribution in [2.24, 2.45) is 0 Å². The number of hydrazine groups is 1. The monoisotopic (exact) mass is 526 g/mol. The standard InChI is InChI=1S/C28H26ClF3N4O/c1-19-5-4-6-22(17-19)34-13-15-35(16-14-34)27(37)21-11-9-20(10-12-21)25-18-26(28(30,31)32)33-36(25)24-8-3-2-7-23(24)29/h2-12,17-18,26,33H,13-16H2,1H3. The third-order valence-electron chi connectivity index (χ3n) is 6.64. The number of nitrogens with zero attached hydrogens (tertiary/aromatic N) is 3. The maximum absolute atomic E-state index is 13.6. The number of amides is 1. The summed E-state index contributed by atoms with van der Waals surface area (Å²) in [5.41, 5.74) is 6.61. The molecule has 0 bridgehead atoms. The van der Waals surface area contributed by atoms with E-state index in [1.807, 2.05) is 11.0 Å². The summed E-state index contributed by atoms with van der Waals surface area (Å²) in [6.07, 6.45) is -3.34. The van der Waals surface area contributed by atoms with Crippen molar-refractivity contribution in [1.29, 1.82) is 0 Å². The zero-order chi connectivity index (χ0) is 26.2. The van der Waals surface area contributed by atoms with E-state index >= 15 is 0 Å². The molecule has 1 saturated heterocycles. The van der Waals surface area contributed by atoms with E-state index in [-0.39, 0.29) is 5.91 Å². The number of benzene rings is 3. The molecule has 5 rings (SSSR count). The van der Waals surface area contributed by atoms with Crippen LogP contribution in [0.15, 0.2) is 78.9 Å². The van der Waals surface area contributed by atoms with E-state index in [4.69, 9.17) is 11.6 Å². The molecule has 2 aliphatic heterocycles. The van der Waals surface area contributed by atoms with Crippen molar-refractivity contribution in [2.45, 2.75) is 19.1 Å². The number of hydrogen-bond acceptors (Lipinski definition) is 4. The number of alkyl halides is 3. The first kappa shape index (κ1) is 25.2. The Morgan fingerprint density at radius 1 is 0.946 bits per heavy atom. The highest BCUT2D eigenvalue weighted by atomic mass is 35.5. The number of carbonyl (C=O) groups is 1.